The SMILES string of the molecule is CC(C)(C)c1ccc(C(=O)N2CC[C@H]3CNC[C@H]32)cc1. The molecular formula is C17H24N2O. The molecule has 2 fully saturated rings. The number of carbonyl (C=O) groups is 1. The number of nitrogens with one attached hydrogen (secondary N) is 1. The fourth-order valence-corrected chi connectivity index (χ4v) is 3.38. The van der Waals surface area contributed by atoms with Crippen molar-refractivity contribution in [1.82, 2.24) is 10.2 Å². The van der Waals surface area contributed by atoms with Crippen molar-refractivity contribution in [3.63, 3.8) is 0 Å². The van der Waals surface area contributed by atoms with Gasteiger partial charge in [0.1, 0.15) is 0 Å². The molecule has 1 N–H and O–H groups in total. The fraction of sp³-hybridized carbons (Fsp3) is 0.588. The molecule has 0 aromatic heterocycles. The normalized spacial score (nSPS) is 25.9. The summed E-state index contributed by atoms with van der Waals surface area (Å²) in [6.45, 7) is 9.52. The summed E-state index contributed by atoms with van der Waals surface area (Å²) >= 11 is 0. The Balaban J connectivity index is 1.77. The largest absolute Gasteiger partial charge is 0.334 e. The van der Waals surface area contributed by atoms with Gasteiger partial charge in [-0.1, -0.05) is 32.9 Å². The number of rotatable bonds is 1. The lowest BCUT2D eigenvalue weighted by molar-refractivity contribution is 0.0737. The smallest absolute Gasteiger partial charge is 0.254 e. The van der Waals surface area contributed by atoms with Gasteiger partial charge in [0.05, 0.1) is 0 Å². The zero-order valence-corrected chi connectivity index (χ0v) is 12.6. The summed E-state index contributed by atoms with van der Waals surface area (Å²) in [4.78, 5) is 14.7. The van der Waals surface area contributed by atoms with Gasteiger partial charge in [-0.2, -0.15) is 0 Å². The summed E-state index contributed by atoms with van der Waals surface area (Å²) in [5.74, 6) is 0.856. The summed E-state index contributed by atoms with van der Waals surface area (Å²) in [7, 11) is 0. The first-order valence-electron chi connectivity index (χ1n) is 7.59. The summed E-state index contributed by atoms with van der Waals surface area (Å²) in [6.07, 6.45) is 1.14. The highest BCUT2D eigenvalue weighted by molar-refractivity contribution is 5.94. The molecule has 0 saturated carbocycles. The Morgan fingerprint density at radius 3 is 2.55 bits per heavy atom. The van der Waals surface area contributed by atoms with Gasteiger partial charge in [0.2, 0.25) is 0 Å². The number of hydrogen-bond donors (Lipinski definition) is 1. The molecule has 3 rings (SSSR count). The first-order chi connectivity index (χ1) is 9.47. The molecule has 0 spiro atoms. The fourth-order valence-electron chi connectivity index (χ4n) is 3.38. The maximum atomic E-state index is 12.6. The van der Waals surface area contributed by atoms with Gasteiger partial charge in [-0.3, -0.25) is 4.79 Å². The van der Waals surface area contributed by atoms with E-state index in [4.69, 9.17) is 0 Å². The number of benzene rings is 1. The van der Waals surface area contributed by atoms with E-state index < -0.39 is 0 Å². The Labute approximate surface area is 121 Å². The Morgan fingerprint density at radius 1 is 1.20 bits per heavy atom. The van der Waals surface area contributed by atoms with Crippen molar-refractivity contribution in [3.8, 4) is 0 Å². The van der Waals surface area contributed by atoms with Crippen molar-refractivity contribution in [1.29, 1.82) is 0 Å². The third kappa shape index (κ3) is 2.35. The van der Waals surface area contributed by atoms with Crippen LogP contribution in [-0.2, 0) is 5.41 Å². The van der Waals surface area contributed by atoms with E-state index in [1.807, 2.05) is 12.1 Å². The van der Waals surface area contributed by atoms with Crippen LogP contribution in [0.1, 0.15) is 43.1 Å². The van der Waals surface area contributed by atoms with Crippen molar-refractivity contribution in [2.75, 3.05) is 19.6 Å². The number of carbonyl (C=O) groups excluding carboxylic acids is 1. The third-order valence-electron chi connectivity index (χ3n) is 4.70. The van der Waals surface area contributed by atoms with Crippen molar-refractivity contribution >= 4 is 5.91 Å². The quantitative estimate of drug-likeness (QED) is 0.851. The molecule has 0 radical (unpaired) electrons. The summed E-state index contributed by atoms with van der Waals surface area (Å²) in [5.41, 5.74) is 2.23. The van der Waals surface area contributed by atoms with E-state index in [9.17, 15) is 4.79 Å². The van der Waals surface area contributed by atoms with E-state index in [1.165, 1.54) is 5.56 Å². The minimum absolute atomic E-state index is 0.135. The van der Waals surface area contributed by atoms with E-state index in [2.05, 4.69) is 43.1 Å². The zero-order valence-electron chi connectivity index (χ0n) is 12.6. The highest BCUT2D eigenvalue weighted by atomic mass is 16.2. The Morgan fingerprint density at radius 2 is 1.90 bits per heavy atom. The second-order valence-corrected chi connectivity index (χ2v) is 7.10. The van der Waals surface area contributed by atoms with Gasteiger partial charge < -0.3 is 10.2 Å². The molecular weight excluding hydrogens is 248 g/mol. The number of amides is 1. The zero-order chi connectivity index (χ0) is 14.3. The average molecular weight is 272 g/mol. The van der Waals surface area contributed by atoms with Crippen LogP contribution < -0.4 is 5.32 Å². The lowest BCUT2D eigenvalue weighted by Gasteiger charge is -2.24. The van der Waals surface area contributed by atoms with Crippen molar-refractivity contribution in [3.05, 3.63) is 35.4 Å². The van der Waals surface area contributed by atoms with Crippen LogP contribution in [0.2, 0.25) is 0 Å². The van der Waals surface area contributed by atoms with E-state index in [0.29, 0.717) is 12.0 Å². The standard InChI is InChI=1S/C17H24N2O/c1-17(2,3)14-6-4-12(5-7-14)16(20)19-9-8-13-10-18-11-15(13)19/h4-7,13,15,18H,8-11H2,1-3H3/t13-,15+/m0/s1. The monoisotopic (exact) mass is 272 g/mol. The van der Waals surface area contributed by atoms with Gasteiger partial charge in [0.15, 0.2) is 0 Å². The first-order valence-corrected chi connectivity index (χ1v) is 7.59. The average Bonchev–Trinajstić information content (AvgIpc) is 2.99. The lowest BCUT2D eigenvalue weighted by Crippen LogP contribution is -2.39. The van der Waals surface area contributed by atoms with E-state index >= 15 is 0 Å². The molecule has 1 aromatic carbocycles. The van der Waals surface area contributed by atoms with Crippen LogP contribution in [0.4, 0.5) is 0 Å². The van der Waals surface area contributed by atoms with Crippen LogP contribution in [0, 0.1) is 5.92 Å². The first kappa shape index (κ1) is 13.6. The minimum atomic E-state index is 0.135. The number of hydrogen-bond acceptors (Lipinski definition) is 2. The van der Waals surface area contributed by atoms with Gasteiger partial charge in [0.25, 0.3) is 5.91 Å². The predicted octanol–water partition coefficient (Wildman–Crippen LogP) is 2.42. The van der Waals surface area contributed by atoms with Gasteiger partial charge in [-0.25, -0.2) is 0 Å². The molecule has 2 aliphatic heterocycles. The van der Waals surface area contributed by atoms with E-state index in [-0.39, 0.29) is 11.3 Å². The van der Waals surface area contributed by atoms with Gasteiger partial charge in [0, 0.05) is 31.2 Å². The molecule has 2 atom stereocenters. The summed E-state index contributed by atoms with van der Waals surface area (Å²) in [5, 5.41) is 3.40. The molecule has 3 heteroatoms. The molecule has 0 aliphatic carbocycles. The van der Waals surface area contributed by atoms with Crippen LogP contribution in [0.15, 0.2) is 24.3 Å². The minimum Gasteiger partial charge on any atom is -0.334 e. The van der Waals surface area contributed by atoms with Crippen LogP contribution in [-0.4, -0.2) is 36.5 Å². The molecule has 2 aliphatic rings. The molecule has 0 unspecified atom stereocenters. The van der Waals surface area contributed by atoms with Crippen LogP contribution in [0.3, 0.4) is 0 Å². The van der Waals surface area contributed by atoms with Crippen molar-refractivity contribution in [2.24, 2.45) is 5.92 Å². The van der Waals surface area contributed by atoms with Gasteiger partial charge in [-0.05, 0) is 35.4 Å². The van der Waals surface area contributed by atoms with Crippen LogP contribution in [0.25, 0.3) is 0 Å². The highest BCUT2D eigenvalue weighted by Gasteiger charge is 2.40. The molecule has 3 nitrogen and oxygen atoms in total. The molecule has 1 aromatic rings. The molecule has 108 valence electrons. The molecule has 20 heavy (non-hydrogen) atoms. The lowest BCUT2D eigenvalue weighted by atomic mass is 9.86. The molecule has 2 heterocycles. The topological polar surface area (TPSA) is 32.3 Å². The maximum absolute atomic E-state index is 12.6. The maximum Gasteiger partial charge on any atom is 0.254 e. The van der Waals surface area contributed by atoms with Crippen LogP contribution >= 0.6 is 0 Å². The second kappa shape index (κ2) is 4.88. The number of fused-ring (bicyclic) bond motifs is 1. The van der Waals surface area contributed by atoms with E-state index in [1.54, 1.807) is 0 Å². The predicted molar refractivity (Wildman–Crippen MR) is 80.9 cm³/mol. The Bertz CT molecular complexity index is 501. The molecule has 0 bridgehead atoms. The second-order valence-electron chi connectivity index (χ2n) is 7.10. The van der Waals surface area contributed by atoms with E-state index in [0.717, 1.165) is 31.6 Å². The Hall–Kier alpha value is -1.35. The van der Waals surface area contributed by atoms with Crippen molar-refractivity contribution < 1.29 is 4.79 Å². The third-order valence-corrected chi connectivity index (χ3v) is 4.70. The molecule has 2 saturated heterocycles. The summed E-state index contributed by atoms with van der Waals surface area (Å²) in [6, 6.07) is 8.56. The number of nitrogens with zero attached hydrogens (tertiary/aromatic N) is 1. The number of likely N-dealkylation sites (tertiary alicyclic amines) is 1. The highest BCUT2D eigenvalue weighted by Crippen LogP contribution is 2.29. The Kier molecular flexibility index (Phi) is 3.33. The van der Waals surface area contributed by atoms with Crippen LogP contribution in [0.5, 0.6) is 0 Å². The molecule has 1 amide bonds. The summed E-state index contributed by atoms with van der Waals surface area (Å²) < 4.78 is 0. The van der Waals surface area contributed by atoms with Gasteiger partial charge >= 0.3 is 0 Å². The van der Waals surface area contributed by atoms with Crippen molar-refractivity contribution in [2.45, 2.75) is 38.6 Å². The van der Waals surface area contributed by atoms with Gasteiger partial charge in [-0.15, -0.1) is 0 Å².